The normalized spacial score (nSPS) is 11.8. The minimum absolute atomic E-state index is 0.0285. The molecule has 2 aromatic rings. The standard InChI is InChI=1S/C22H25ClFNO2/c1-12(2)20-19(26)7-6-16(21(20)24)11-17-13(3)8-15(10-18(17)23)9-14(4)22(27)25-5/h6-10,12,26H,11H2,1-5H3,(H,25,27)/b14-9+. The summed E-state index contributed by atoms with van der Waals surface area (Å²) in [5, 5.41) is 13.0. The largest absolute Gasteiger partial charge is 0.508 e. The SMILES string of the molecule is CNC(=O)/C(C)=C/c1cc(C)c(Cc2ccc(O)c(C(C)C)c2F)c(Cl)c1. The molecule has 3 nitrogen and oxygen atoms in total. The zero-order valence-corrected chi connectivity index (χ0v) is 17.0. The fourth-order valence-electron chi connectivity index (χ4n) is 3.12. The molecule has 5 heteroatoms. The monoisotopic (exact) mass is 389 g/mol. The minimum Gasteiger partial charge on any atom is -0.508 e. The average molecular weight is 390 g/mol. The fourth-order valence-corrected chi connectivity index (χ4v) is 3.47. The summed E-state index contributed by atoms with van der Waals surface area (Å²) in [7, 11) is 1.58. The Kier molecular flexibility index (Phi) is 6.66. The number of rotatable bonds is 5. The number of phenols is 1. The van der Waals surface area contributed by atoms with Crippen LogP contribution in [-0.4, -0.2) is 18.1 Å². The van der Waals surface area contributed by atoms with Gasteiger partial charge in [-0.05, 0) is 60.2 Å². The van der Waals surface area contributed by atoms with Crippen LogP contribution in [0.5, 0.6) is 5.75 Å². The third-order valence-electron chi connectivity index (χ3n) is 4.59. The lowest BCUT2D eigenvalue weighted by molar-refractivity contribution is -0.116. The molecule has 1 amide bonds. The van der Waals surface area contributed by atoms with Crippen LogP contribution in [0.15, 0.2) is 29.8 Å². The number of benzene rings is 2. The van der Waals surface area contributed by atoms with E-state index in [1.54, 1.807) is 32.2 Å². The molecular formula is C22H25ClFNO2. The van der Waals surface area contributed by atoms with E-state index in [1.165, 1.54) is 6.07 Å². The van der Waals surface area contributed by atoms with E-state index >= 15 is 0 Å². The van der Waals surface area contributed by atoms with Crippen LogP contribution >= 0.6 is 11.6 Å². The lowest BCUT2D eigenvalue weighted by Crippen LogP contribution is -2.18. The fraction of sp³-hybridized carbons (Fsp3) is 0.318. The number of phenolic OH excluding ortho intramolecular Hbond substituents is 1. The number of hydrogen-bond acceptors (Lipinski definition) is 2. The van der Waals surface area contributed by atoms with E-state index in [9.17, 15) is 14.3 Å². The summed E-state index contributed by atoms with van der Waals surface area (Å²) < 4.78 is 14.9. The van der Waals surface area contributed by atoms with Gasteiger partial charge in [-0.3, -0.25) is 4.79 Å². The van der Waals surface area contributed by atoms with Gasteiger partial charge in [-0.2, -0.15) is 0 Å². The lowest BCUT2D eigenvalue weighted by Gasteiger charge is -2.15. The molecule has 0 saturated carbocycles. The van der Waals surface area contributed by atoms with Crippen LogP contribution in [0.4, 0.5) is 4.39 Å². The van der Waals surface area contributed by atoms with Crippen molar-refractivity contribution in [3.05, 3.63) is 68.5 Å². The second kappa shape index (κ2) is 8.57. The van der Waals surface area contributed by atoms with Gasteiger partial charge in [0, 0.05) is 29.6 Å². The molecule has 2 N–H and O–H groups in total. The Labute approximate surface area is 164 Å². The zero-order valence-electron chi connectivity index (χ0n) is 16.3. The summed E-state index contributed by atoms with van der Waals surface area (Å²) in [6, 6.07) is 6.82. The van der Waals surface area contributed by atoms with Crippen LogP contribution in [0.2, 0.25) is 5.02 Å². The number of hydrogen-bond donors (Lipinski definition) is 2. The molecule has 0 bridgehead atoms. The Bertz CT molecular complexity index is 880. The van der Waals surface area contributed by atoms with E-state index in [0.29, 0.717) is 28.1 Å². The van der Waals surface area contributed by atoms with E-state index in [0.717, 1.165) is 16.7 Å². The first-order chi connectivity index (χ1) is 12.6. The van der Waals surface area contributed by atoms with E-state index in [-0.39, 0.29) is 23.4 Å². The van der Waals surface area contributed by atoms with Crippen LogP contribution in [0.3, 0.4) is 0 Å². The molecule has 0 aromatic heterocycles. The number of carbonyl (C=O) groups is 1. The molecule has 0 aliphatic rings. The number of carbonyl (C=O) groups excluding carboxylic acids is 1. The number of amides is 1. The van der Waals surface area contributed by atoms with Crippen LogP contribution < -0.4 is 5.32 Å². The molecule has 144 valence electrons. The summed E-state index contributed by atoms with van der Waals surface area (Å²) in [5.74, 6) is -0.693. The van der Waals surface area contributed by atoms with Crippen molar-refractivity contribution in [2.24, 2.45) is 0 Å². The molecule has 0 spiro atoms. The van der Waals surface area contributed by atoms with Gasteiger partial charge >= 0.3 is 0 Å². The lowest BCUT2D eigenvalue weighted by atomic mass is 9.93. The molecule has 27 heavy (non-hydrogen) atoms. The molecule has 0 saturated heterocycles. The van der Waals surface area contributed by atoms with Crippen molar-refractivity contribution in [1.29, 1.82) is 0 Å². The van der Waals surface area contributed by atoms with Gasteiger partial charge < -0.3 is 10.4 Å². The predicted octanol–water partition coefficient (Wildman–Crippen LogP) is 5.36. The van der Waals surface area contributed by atoms with Crippen molar-refractivity contribution < 1.29 is 14.3 Å². The van der Waals surface area contributed by atoms with E-state index in [1.807, 2.05) is 26.8 Å². The van der Waals surface area contributed by atoms with E-state index < -0.39 is 0 Å². The summed E-state index contributed by atoms with van der Waals surface area (Å²) in [6.07, 6.45) is 2.09. The second-order valence-corrected chi connectivity index (χ2v) is 7.41. The second-order valence-electron chi connectivity index (χ2n) is 7.01. The van der Waals surface area contributed by atoms with Gasteiger partial charge in [0.1, 0.15) is 11.6 Å². The van der Waals surface area contributed by atoms with Gasteiger partial charge in [-0.1, -0.05) is 37.6 Å². The highest BCUT2D eigenvalue weighted by atomic mass is 35.5. The molecule has 0 aliphatic heterocycles. The molecule has 0 aliphatic carbocycles. The smallest absolute Gasteiger partial charge is 0.246 e. The van der Waals surface area contributed by atoms with E-state index in [2.05, 4.69) is 5.32 Å². The Morgan fingerprint density at radius 2 is 2.00 bits per heavy atom. The Morgan fingerprint density at radius 3 is 2.56 bits per heavy atom. The Hall–Kier alpha value is -2.33. The molecule has 0 atom stereocenters. The number of aryl methyl sites for hydroxylation is 1. The van der Waals surface area contributed by atoms with Crippen molar-refractivity contribution in [3.8, 4) is 5.75 Å². The first-order valence-electron chi connectivity index (χ1n) is 8.85. The third kappa shape index (κ3) is 4.69. The van der Waals surface area contributed by atoms with Gasteiger partial charge in [-0.15, -0.1) is 0 Å². The average Bonchev–Trinajstić information content (AvgIpc) is 2.58. The van der Waals surface area contributed by atoms with Gasteiger partial charge in [-0.25, -0.2) is 4.39 Å². The van der Waals surface area contributed by atoms with Crippen LogP contribution in [-0.2, 0) is 11.2 Å². The Morgan fingerprint density at radius 1 is 1.33 bits per heavy atom. The number of aromatic hydroxyl groups is 1. The molecule has 0 unspecified atom stereocenters. The molecule has 0 radical (unpaired) electrons. The van der Waals surface area contributed by atoms with Gasteiger partial charge in [0.25, 0.3) is 0 Å². The molecule has 0 fully saturated rings. The number of halogens is 2. The van der Waals surface area contributed by atoms with Gasteiger partial charge in [0.2, 0.25) is 5.91 Å². The zero-order chi connectivity index (χ0) is 20.3. The molecule has 2 rings (SSSR count). The molecule has 0 heterocycles. The highest BCUT2D eigenvalue weighted by molar-refractivity contribution is 6.31. The van der Waals surface area contributed by atoms with Gasteiger partial charge in [0.15, 0.2) is 0 Å². The van der Waals surface area contributed by atoms with Crippen molar-refractivity contribution in [1.82, 2.24) is 5.32 Å². The Balaban J connectivity index is 2.42. The van der Waals surface area contributed by atoms with Crippen LogP contribution in [0.25, 0.3) is 6.08 Å². The topological polar surface area (TPSA) is 49.3 Å². The summed E-state index contributed by atoms with van der Waals surface area (Å²) in [4.78, 5) is 11.7. The highest BCUT2D eigenvalue weighted by Crippen LogP contribution is 2.33. The number of nitrogens with one attached hydrogen (secondary N) is 1. The van der Waals surface area contributed by atoms with Crippen molar-refractivity contribution in [2.45, 2.75) is 40.0 Å². The van der Waals surface area contributed by atoms with E-state index in [4.69, 9.17) is 11.6 Å². The quantitative estimate of drug-likeness (QED) is 0.676. The summed E-state index contributed by atoms with van der Waals surface area (Å²) in [5.41, 5.74) is 3.94. The first-order valence-corrected chi connectivity index (χ1v) is 9.23. The first kappa shape index (κ1) is 21.0. The highest BCUT2D eigenvalue weighted by Gasteiger charge is 2.18. The molecule has 2 aromatic carbocycles. The maximum atomic E-state index is 14.9. The summed E-state index contributed by atoms with van der Waals surface area (Å²) in [6.45, 7) is 7.33. The summed E-state index contributed by atoms with van der Waals surface area (Å²) >= 11 is 6.47. The minimum atomic E-state index is -0.389. The maximum absolute atomic E-state index is 14.9. The van der Waals surface area contributed by atoms with Crippen molar-refractivity contribution in [3.63, 3.8) is 0 Å². The van der Waals surface area contributed by atoms with Crippen LogP contribution in [0.1, 0.15) is 54.5 Å². The van der Waals surface area contributed by atoms with Gasteiger partial charge in [0.05, 0.1) is 0 Å². The predicted molar refractivity (Wildman–Crippen MR) is 109 cm³/mol. The number of likely N-dealkylation sites (N-methyl/N-ethyl adjacent to an activating group) is 1. The van der Waals surface area contributed by atoms with Crippen LogP contribution in [0, 0.1) is 12.7 Å². The third-order valence-corrected chi connectivity index (χ3v) is 4.93. The van der Waals surface area contributed by atoms with Crippen molar-refractivity contribution in [2.75, 3.05) is 7.05 Å². The van der Waals surface area contributed by atoms with Crippen molar-refractivity contribution >= 4 is 23.6 Å². The molecular weight excluding hydrogens is 365 g/mol. The maximum Gasteiger partial charge on any atom is 0.246 e.